The van der Waals surface area contributed by atoms with Crippen LogP contribution >= 0.6 is 0 Å². The summed E-state index contributed by atoms with van der Waals surface area (Å²) in [6, 6.07) is 12.5. The summed E-state index contributed by atoms with van der Waals surface area (Å²) in [6.45, 7) is 9.92. The Morgan fingerprint density at radius 1 is 1.24 bits per heavy atom. The van der Waals surface area contributed by atoms with Crippen molar-refractivity contribution in [3.63, 3.8) is 0 Å². The summed E-state index contributed by atoms with van der Waals surface area (Å²) >= 11 is 0. The molecule has 2 heterocycles. The second-order valence-electron chi connectivity index (χ2n) is 6.81. The highest BCUT2D eigenvalue weighted by Crippen LogP contribution is 2.32. The summed E-state index contributed by atoms with van der Waals surface area (Å²) in [6.07, 6.45) is 1.51. The smallest absolute Gasteiger partial charge is 0.0703 e. The lowest BCUT2D eigenvalue weighted by Gasteiger charge is -2.45. The zero-order chi connectivity index (χ0) is 14.8. The first-order chi connectivity index (χ1) is 10.2. The second kappa shape index (κ2) is 6.47. The molecular formula is C18H28N2O. The SMILES string of the molecule is CC(C)C1CN(C2CCOC2C)C(c2ccccc2)CN1. The molecule has 1 aromatic carbocycles. The van der Waals surface area contributed by atoms with Gasteiger partial charge in [-0.1, -0.05) is 44.2 Å². The van der Waals surface area contributed by atoms with E-state index < -0.39 is 0 Å². The topological polar surface area (TPSA) is 24.5 Å². The van der Waals surface area contributed by atoms with Crippen molar-refractivity contribution in [1.82, 2.24) is 10.2 Å². The van der Waals surface area contributed by atoms with Gasteiger partial charge in [0, 0.05) is 37.8 Å². The monoisotopic (exact) mass is 288 g/mol. The third-order valence-corrected chi connectivity index (χ3v) is 5.13. The Hall–Kier alpha value is -0.900. The van der Waals surface area contributed by atoms with Crippen molar-refractivity contribution in [2.75, 3.05) is 19.7 Å². The molecule has 3 heteroatoms. The van der Waals surface area contributed by atoms with Crippen molar-refractivity contribution < 1.29 is 4.74 Å². The number of ether oxygens (including phenoxy) is 1. The van der Waals surface area contributed by atoms with Crippen molar-refractivity contribution in [2.24, 2.45) is 5.92 Å². The van der Waals surface area contributed by atoms with Crippen LogP contribution in [-0.2, 0) is 4.74 Å². The summed E-state index contributed by atoms with van der Waals surface area (Å²) in [7, 11) is 0. The molecule has 2 saturated heterocycles. The summed E-state index contributed by atoms with van der Waals surface area (Å²) in [5.74, 6) is 0.668. The maximum Gasteiger partial charge on any atom is 0.0703 e. The Kier molecular flexibility index (Phi) is 4.63. The highest BCUT2D eigenvalue weighted by molar-refractivity contribution is 5.21. The van der Waals surface area contributed by atoms with Gasteiger partial charge in [0.2, 0.25) is 0 Å². The van der Waals surface area contributed by atoms with Crippen molar-refractivity contribution in [2.45, 2.75) is 51.4 Å². The van der Waals surface area contributed by atoms with E-state index in [4.69, 9.17) is 4.74 Å². The van der Waals surface area contributed by atoms with Crippen molar-refractivity contribution in [1.29, 1.82) is 0 Å². The van der Waals surface area contributed by atoms with Gasteiger partial charge in [-0.25, -0.2) is 0 Å². The molecule has 3 rings (SSSR count). The molecule has 0 saturated carbocycles. The van der Waals surface area contributed by atoms with E-state index in [1.165, 1.54) is 5.56 Å². The fraction of sp³-hybridized carbons (Fsp3) is 0.667. The first-order valence-electron chi connectivity index (χ1n) is 8.32. The molecule has 0 aliphatic carbocycles. The minimum Gasteiger partial charge on any atom is -0.377 e. The molecule has 2 aliphatic heterocycles. The van der Waals surface area contributed by atoms with Crippen LogP contribution in [0.5, 0.6) is 0 Å². The number of nitrogens with one attached hydrogen (secondary N) is 1. The predicted octanol–water partition coefficient (Wildman–Crippen LogP) is 2.83. The van der Waals surface area contributed by atoms with Crippen molar-refractivity contribution in [3.8, 4) is 0 Å². The van der Waals surface area contributed by atoms with Crippen LogP contribution in [0, 0.1) is 5.92 Å². The van der Waals surface area contributed by atoms with Gasteiger partial charge >= 0.3 is 0 Å². The van der Waals surface area contributed by atoms with E-state index in [0.29, 0.717) is 30.1 Å². The third-order valence-electron chi connectivity index (χ3n) is 5.13. The van der Waals surface area contributed by atoms with Crippen LogP contribution in [0.15, 0.2) is 30.3 Å². The molecule has 3 nitrogen and oxygen atoms in total. The van der Waals surface area contributed by atoms with Gasteiger partial charge in [0.15, 0.2) is 0 Å². The Labute approximate surface area is 128 Å². The first kappa shape index (κ1) is 15.0. The maximum absolute atomic E-state index is 5.84. The molecular weight excluding hydrogens is 260 g/mol. The molecule has 4 atom stereocenters. The fourth-order valence-corrected chi connectivity index (χ4v) is 3.75. The molecule has 1 N–H and O–H groups in total. The molecule has 4 unspecified atom stereocenters. The van der Waals surface area contributed by atoms with Crippen LogP contribution < -0.4 is 5.32 Å². The van der Waals surface area contributed by atoms with Gasteiger partial charge in [0.1, 0.15) is 0 Å². The lowest BCUT2D eigenvalue weighted by Crippen LogP contribution is -2.58. The average molecular weight is 288 g/mol. The lowest BCUT2D eigenvalue weighted by atomic mass is 9.93. The van der Waals surface area contributed by atoms with Crippen LogP contribution in [0.3, 0.4) is 0 Å². The zero-order valence-electron chi connectivity index (χ0n) is 13.5. The number of rotatable bonds is 3. The summed E-state index contributed by atoms with van der Waals surface area (Å²) < 4.78 is 5.84. The predicted molar refractivity (Wildman–Crippen MR) is 86.3 cm³/mol. The molecule has 2 fully saturated rings. The van der Waals surface area contributed by atoms with Crippen LogP contribution in [0.25, 0.3) is 0 Å². The molecule has 0 radical (unpaired) electrons. The Morgan fingerprint density at radius 3 is 2.62 bits per heavy atom. The van der Waals surface area contributed by atoms with Gasteiger partial charge in [0.05, 0.1) is 6.10 Å². The number of hydrogen-bond donors (Lipinski definition) is 1. The van der Waals surface area contributed by atoms with E-state index in [1.54, 1.807) is 0 Å². The average Bonchev–Trinajstić information content (AvgIpc) is 2.93. The van der Waals surface area contributed by atoms with Crippen LogP contribution in [0.2, 0.25) is 0 Å². The van der Waals surface area contributed by atoms with Gasteiger partial charge in [0.25, 0.3) is 0 Å². The van der Waals surface area contributed by atoms with E-state index in [2.05, 4.69) is 61.3 Å². The Bertz CT molecular complexity index is 448. The van der Waals surface area contributed by atoms with Gasteiger partial charge < -0.3 is 10.1 Å². The number of benzene rings is 1. The summed E-state index contributed by atoms with van der Waals surface area (Å²) in [5.41, 5.74) is 1.42. The van der Waals surface area contributed by atoms with E-state index in [-0.39, 0.29) is 0 Å². The molecule has 0 aromatic heterocycles. The van der Waals surface area contributed by atoms with Gasteiger partial charge in [-0.3, -0.25) is 4.90 Å². The molecule has 0 spiro atoms. The maximum atomic E-state index is 5.84. The van der Waals surface area contributed by atoms with E-state index in [1.807, 2.05) is 0 Å². The minimum absolute atomic E-state index is 0.349. The summed E-state index contributed by atoms with van der Waals surface area (Å²) in [4.78, 5) is 2.70. The van der Waals surface area contributed by atoms with Crippen LogP contribution in [0.4, 0.5) is 0 Å². The zero-order valence-corrected chi connectivity index (χ0v) is 13.5. The van der Waals surface area contributed by atoms with Gasteiger partial charge in [-0.05, 0) is 24.8 Å². The molecule has 0 bridgehead atoms. The standard InChI is InChI=1S/C18H28N2O/c1-13(2)16-12-20(17-9-10-21-14(17)3)18(11-19-16)15-7-5-4-6-8-15/h4-8,13-14,16-19H,9-12H2,1-3H3. The Morgan fingerprint density at radius 2 is 2.00 bits per heavy atom. The van der Waals surface area contributed by atoms with Gasteiger partial charge in [-0.15, -0.1) is 0 Å². The molecule has 2 aliphatic rings. The van der Waals surface area contributed by atoms with Crippen LogP contribution in [0.1, 0.15) is 38.8 Å². The molecule has 116 valence electrons. The van der Waals surface area contributed by atoms with Gasteiger partial charge in [-0.2, -0.15) is 0 Å². The molecule has 0 amide bonds. The van der Waals surface area contributed by atoms with E-state index in [0.717, 1.165) is 26.1 Å². The van der Waals surface area contributed by atoms with E-state index in [9.17, 15) is 0 Å². The minimum atomic E-state index is 0.349. The Balaban J connectivity index is 1.84. The van der Waals surface area contributed by atoms with E-state index >= 15 is 0 Å². The highest BCUT2D eigenvalue weighted by atomic mass is 16.5. The third kappa shape index (κ3) is 3.15. The number of nitrogens with zero attached hydrogens (tertiary/aromatic N) is 1. The lowest BCUT2D eigenvalue weighted by molar-refractivity contribution is 0.0245. The first-order valence-corrected chi connectivity index (χ1v) is 8.32. The largest absolute Gasteiger partial charge is 0.377 e. The number of hydrogen-bond acceptors (Lipinski definition) is 3. The van der Waals surface area contributed by atoms with Crippen LogP contribution in [-0.4, -0.2) is 42.8 Å². The van der Waals surface area contributed by atoms with Crippen molar-refractivity contribution in [3.05, 3.63) is 35.9 Å². The second-order valence-corrected chi connectivity index (χ2v) is 6.81. The number of piperazine rings is 1. The molecule has 21 heavy (non-hydrogen) atoms. The highest BCUT2D eigenvalue weighted by Gasteiger charge is 2.38. The normalized spacial score (nSPS) is 34.5. The quantitative estimate of drug-likeness (QED) is 0.925. The fourth-order valence-electron chi connectivity index (χ4n) is 3.75. The molecule has 1 aromatic rings. The van der Waals surface area contributed by atoms with Crippen molar-refractivity contribution >= 4 is 0 Å². The summed E-state index contributed by atoms with van der Waals surface area (Å²) in [5, 5.41) is 3.75.